The minimum atomic E-state index is -4.69. The van der Waals surface area contributed by atoms with Crippen LogP contribution in [0.25, 0.3) is 28.6 Å². The van der Waals surface area contributed by atoms with Gasteiger partial charge in [-0.25, -0.2) is 9.37 Å². The SMILES string of the molecule is C=C(c1nc(-c2cnn(CC(=O)NC)c2)cc2c1=CCCC=2N/C(=C\F)CCN([CH2-])C)C(F)(F)F.[Cs+]. The first-order valence-electron chi connectivity index (χ1n) is 10.9. The Morgan fingerprint density at radius 2 is 2.11 bits per heavy atom. The minimum Gasteiger partial charge on any atom is -0.461 e. The maximum Gasteiger partial charge on any atom is 1.00 e. The first-order valence-corrected chi connectivity index (χ1v) is 10.9. The summed E-state index contributed by atoms with van der Waals surface area (Å²) in [6, 6.07) is 1.64. The van der Waals surface area contributed by atoms with Crippen LogP contribution in [0, 0.1) is 7.05 Å². The van der Waals surface area contributed by atoms with Crippen LogP contribution < -0.4 is 90.0 Å². The maximum atomic E-state index is 13.7. The molecular formula is C24H27CsF4N6O. The smallest absolute Gasteiger partial charge is 0.461 e. The molecule has 0 bridgehead atoms. The molecule has 2 N–H and O–H groups in total. The van der Waals surface area contributed by atoms with E-state index >= 15 is 0 Å². The van der Waals surface area contributed by atoms with Crippen molar-refractivity contribution in [3.8, 4) is 11.3 Å². The summed E-state index contributed by atoms with van der Waals surface area (Å²) in [5, 5.41) is 10.4. The fourth-order valence-corrected chi connectivity index (χ4v) is 3.61. The van der Waals surface area contributed by atoms with E-state index in [-0.39, 0.29) is 104 Å². The topological polar surface area (TPSA) is 75.1 Å². The average Bonchev–Trinajstić information content (AvgIpc) is 3.28. The Bertz CT molecular complexity index is 1270. The number of aromatic nitrogens is 3. The second-order valence-electron chi connectivity index (χ2n) is 8.20. The summed E-state index contributed by atoms with van der Waals surface area (Å²) in [5.74, 6) is -0.280. The van der Waals surface area contributed by atoms with E-state index < -0.39 is 11.7 Å². The predicted molar refractivity (Wildman–Crippen MR) is 126 cm³/mol. The number of rotatable bonds is 9. The average molecular weight is 624 g/mol. The van der Waals surface area contributed by atoms with Crippen LogP contribution >= 0.6 is 0 Å². The molecule has 12 heteroatoms. The zero-order valence-electron chi connectivity index (χ0n) is 20.5. The molecule has 0 fully saturated rings. The standard InChI is InChI=1S/C24H27F4N6O.Cs/c1-15(24(26,27)28)23-18-6-5-7-20(31-17(11-25)8-9-33(3)4)19(18)10-21(32-23)16-12-30-34(13-16)14-22(35)29-2;/h6,10-13,31H,1,3,5,7-9,14H2,2,4H3,(H,29,35);/q-1;+1/b17-11-;. The van der Waals surface area contributed by atoms with Gasteiger partial charge < -0.3 is 15.5 Å². The molecule has 0 saturated carbocycles. The second kappa shape index (κ2) is 13.4. The molecule has 1 amide bonds. The Kier molecular flexibility index (Phi) is 11.5. The van der Waals surface area contributed by atoms with E-state index in [4.69, 9.17) is 0 Å². The summed E-state index contributed by atoms with van der Waals surface area (Å²) in [6.45, 7) is 3.68. The number of carbonyl (C=O) groups is 1. The van der Waals surface area contributed by atoms with Crippen molar-refractivity contribution in [3.63, 3.8) is 0 Å². The number of halogens is 4. The summed E-state index contributed by atoms with van der Waals surface area (Å²) in [5.41, 5.74) is 0.145. The van der Waals surface area contributed by atoms with Crippen LogP contribution in [0.4, 0.5) is 17.6 Å². The predicted octanol–water partition coefficient (Wildman–Crippen LogP) is -0.533. The molecule has 0 saturated heterocycles. The van der Waals surface area contributed by atoms with Crippen LogP contribution in [0.15, 0.2) is 37.1 Å². The zero-order valence-corrected chi connectivity index (χ0v) is 26.8. The van der Waals surface area contributed by atoms with Gasteiger partial charge in [0.15, 0.2) is 0 Å². The van der Waals surface area contributed by atoms with Crippen molar-refractivity contribution >= 4 is 23.3 Å². The number of pyridine rings is 1. The van der Waals surface area contributed by atoms with Crippen molar-refractivity contribution in [1.29, 1.82) is 0 Å². The molecule has 36 heavy (non-hydrogen) atoms. The Balaban J connectivity index is 0.00000456. The van der Waals surface area contributed by atoms with Crippen LogP contribution in [0.5, 0.6) is 0 Å². The molecule has 2 aromatic rings. The van der Waals surface area contributed by atoms with Crippen molar-refractivity contribution in [2.24, 2.45) is 0 Å². The molecule has 3 rings (SSSR count). The van der Waals surface area contributed by atoms with Crippen LogP contribution in [0.1, 0.15) is 25.0 Å². The van der Waals surface area contributed by atoms with E-state index in [0.29, 0.717) is 48.6 Å². The van der Waals surface area contributed by atoms with E-state index in [1.165, 1.54) is 24.1 Å². The molecule has 0 aliphatic heterocycles. The normalized spacial score (nSPS) is 13.6. The number of carbonyl (C=O) groups excluding carboxylic acids is 1. The molecule has 7 nitrogen and oxygen atoms in total. The maximum absolute atomic E-state index is 13.7. The van der Waals surface area contributed by atoms with E-state index in [1.807, 2.05) is 0 Å². The van der Waals surface area contributed by atoms with Crippen LogP contribution in [0.3, 0.4) is 0 Å². The van der Waals surface area contributed by atoms with E-state index in [0.717, 1.165) is 0 Å². The number of alkyl halides is 3. The van der Waals surface area contributed by atoms with Crippen LogP contribution in [-0.4, -0.2) is 52.4 Å². The summed E-state index contributed by atoms with van der Waals surface area (Å²) < 4.78 is 55.9. The van der Waals surface area contributed by atoms with Crippen LogP contribution in [0.2, 0.25) is 0 Å². The Morgan fingerprint density at radius 3 is 2.72 bits per heavy atom. The van der Waals surface area contributed by atoms with Gasteiger partial charge in [-0.1, -0.05) is 12.7 Å². The molecule has 1 aliphatic rings. The monoisotopic (exact) mass is 624 g/mol. The third kappa shape index (κ3) is 7.79. The largest absolute Gasteiger partial charge is 1.00 e. The molecule has 2 heterocycles. The van der Waals surface area contributed by atoms with Gasteiger partial charge in [0.05, 0.1) is 23.2 Å². The van der Waals surface area contributed by atoms with Gasteiger partial charge in [0.1, 0.15) is 12.9 Å². The van der Waals surface area contributed by atoms with Gasteiger partial charge in [-0.05, 0) is 32.5 Å². The van der Waals surface area contributed by atoms with Crippen molar-refractivity contribution in [2.75, 3.05) is 20.6 Å². The van der Waals surface area contributed by atoms with Gasteiger partial charge in [-0.3, -0.25) is 16.5 Å². The molecule has 1 aliphatic carbocycles. The molecule has 0 aromatic carbocycles. The quantitative estimate of drug-likeness (QED) is 0.290. The van der Waals surface area contributed by atoms with Gasteiger partial charge in [-0.15, -0.1) is 0 Å². The number of likely N-dealkylation sites (N-methyl/N-ethyl adjacent to an activating group) is 1. The number of allylic oxidation sites excluding steroid dienone is 1. The molecule has 0 spiro atoms. The van der Waals surface area contributed by atoms with E-state index in [1.54, 1.807) is 24.1 Å². The number of hydrogen-bond acceptors (Lipinski definition) is 5. The third-order valence-corrected chi connectivity index (χ3v) is 5.47. The Hall–Kier alpha value is -1.42. The number of nitrogens with zero attached hydrogens (tertiary/aromatic N) is 4. The number of amides is 1. The molecule has 188 valence electrons. The first kappa shape index (κ1) is 30.8. The molecule has 0 unspecified atom stereocenters. The fraction of sp³-hybridized carbons (Fsp3) is 0.333. The molecule has 0 atom stereocenters. The van der Waals surface area contributed by atoms with E-state index in [9.17, 15) is 22.4 Å². The van der Waals surface area contributed by atoms with Crippen molar-refractivity contribution in [2.45, 2.75) is 32.0 Å². The summed E-state index contributed by atoms with van der Waals surface area (Å²) in [4.78, 5) is 17.6. The molecule has 2 aromatic heterocycles. The number of hydrogen-bond donors (Lipinski definition) is 2. The van der Waals surface area contributed by atoms with Crippen LogP contribution in [-0.2, 0) is 11.3 Å². The van der Waals surface area contributed by atoms with Crippen molar-refractivity contribution in [1.82, 2.24) is 30.3 Å². The van der Waals surface area contributed by atoms with Gasteiger partial charge in [-0.2, -0.15) is 18.3 Å². The number of fused-ring (bicyclic) bond motifs is 1. The second-order valence-corrected chi connectivity index (χ2v) is 8.20. The van der Waals surface area contributed by atoms with Gasteiger partial charge in [0.2, 0.25) is 5.91 Å². The van der Waals surface area contributed by atoms with E-state index in [2.05, 4.69) is 34.3 Å². The first-order chi connectivity index (χ1) is 16.5. The molecular weight excluding hydrogens is 597 g/mol. The van der Waals surface area contributed by atoms with Gasteiger partial charge in [0.25, 0.3) is 0 Å². The Labute approximate surface area is 265 Å². The molecule has 0 radical (unpaired) electrons. The summed E-state index contributed by atoms with van der Waals surface area (Å²) >= 11 is 0. The fourth-order valence-electron chi connectivity index (χ4n) is 3.61. The van der Waals surface area contributed by atoms with Crippen molar-refractivity contribution in [3.05, 3.63) is 60.2 Å². The summed E-state index contributed by atoms with van der Waals surface area (Å²) in [7, 11) is 6.98. The minimum absolute atomic E-state index is 0. The number of nitrogens with one attached hydrogen (secondary N) is 2. The third-order valence-electron chi connectivity index (χ3n) is 5.47. The Morgan fingerprint density at radius 1 is 1.39 bits per heavy atom. The zero-order chi connectivity index (χ0) is 25.8. The van der Waals surface area contributed by atoms with Gasteiger partial charge >= 0.3 is 75.1 Å². The van der Waals surface area contributed by atoms with Gasteiger partial charge in [0, 0.05) is 47.1 Å². The summed E-state index contributed by atoms with van der Waals surface area (Å²) in [6.07, 6.45) is 1.66. The van der Waals surface area contributed by atoms with Crippen molar-refractivity contribution < 1.29 is 91.2 Å².